The van der Waals surface area contributed by atoms with Crippen LogP contribution in [0.25, 0.3) is 0 Å². The number of benzene rings is 1. The Morgan fingerprint density at radius 1 is 1.43 bits per heavy atom. The maximum absolute atomic E-state index is 13.5. The maximum Gasteiger partial charge on any atom is 0.238 e. The number of amides is 1. The number of anilines is 1. The Hall–Kier alpha value is -1.53. The molecular weight excluding hydrogens is 276 g/mol. The van der Waals surface area contributed by atoms with E-state index in [1.54, 1.807) is 0 Å². The number of hydrogen-bond acceptors (Lipinski definition) is 3. The fourth-order valence-electron chi connectivity index (χ4n) is 2.89. The first-order valence-electron chi connectivity index (χ1n) is 7.21. The molecular formula is C15H21F2N3O. The molecule has 1 saturated heterocycles. The molecule has 6 heteroatoms. The van der Waals surface area contributed by atoms with Gasteiger partial charge in [-0.05, 0) is 37.4 Å². The summed E-state index contributed by atoms with van der Waals surface area (Å²) in [6, 6.07) is 3.63. The zero-order chi connectivity index (χ0) is 15.4. The van der Waals surface area contributed by atoms with Crippen LogP contribution in [0, 0.1) is 17.6 Å². The standard InChI is InChI=1S/C15H21F2N3O/c1-10-4-3-7-20(13(10)8-18)9-14(21)19-15-11(16)5-2-6-12(15)17/h2,5-6,10,13H,3-4,7-9,18H2,1H3,(H,19,21). The Bertz CT molecular complexity index is 489. The molecule has 116 valence electrons. The zero-order valence-electron chi connectivity index (χ0n) is 12.1. The van der Waals surface area contributed by atoms with Crippen molar-refractivity contribution in [2.45, 2.75) is 25.8 Å². The van der Waals surface area contributed by atoms with Crippen molar-refractivity contribution in [2.75, 3.05) is 25.0 Å². The molecule has 1 aliphatic rings. The van der Waals surface area contributed by atoms with Gasteiger partial charge in [-0.15, -0.1) is 0 Å². The van der Waals surface area contributed by atoms with Gasteiger partial charge in [-0.3, -0.25) is 9.69 Å². The molecule has 21 heavy (non-hydrogen) atoms. The van der Waals surface area contributed by atoms with E-state index in [0.29, 0.717) is 12.5 Å². The highest BCUT2D eigenvalue weighted by Gasteiger charge is 2.28. The molecule has 1 fully saturated rings. The SMILES string of the molecule is CC1CCCN(CC(=O)Nc2c(F)cccc2F)C1CN. The van der Waals surface area contributed by atoms with Gasteiger partial charge in [0.25, 0.3) is 0 Å². The lowest BCUT2D eigenvalue weighted by atomic mass is 9.91. The molecule has 0 aliphatic carbocycles. The Morgan fingerprint density at radius 3 is 2.71 bits per heavy atom. The molecule has 2 unspecified atom stereocenters. The van der Waals surface area contributed by atoms with Crippen molar-refractivity contribution >= 4 is 11.6 Å². The number of nitrogens with two attached hydrogens (primary N) is 1. The molecule has 1 heterocycles. The number of carbonyl (C=O) groups excluding carboxylic acids is 1. The summed E-state index contributed by atoms with van der Waals surface area (Å²) >= 11 is 0. The van der Waals surface area contributed by atoms with E-state index in [1.807, 2.05) is 4.90 Å². The third kappa shape index (κ3) is 3.77. The van der Waals surface area contributed by atoms with Crippen LogP contribution in [0.2, 0.25) is 0 Å². The van der Waals surface area contributed by atoms with Crippen molar-refractivity contribution in [1.29, 1.82) is 0 Å². The highest BCUT2D eigenvalue weighted by Crippen LogP contribution is 2.23. The van der Waals surface area contributed by atoms with Crippen LogP contribution in [-0.2, 0) is 4.79 Å². The average molecular weight is 297 g/mol. The molecule has 0 spiro atoms. The highest BCUT2D eigenvalue weighted by molar-refractivity contribution is 5.92. The van der Waals surface area contributed by atoms with Gasteiger partial charge in [0.2, 0.25) is 5.91 Å². The zero-order valence-corrected chi connectivity index (χ0v) is 12.1. The molecule has 0 aromatic heterocycles. The summed E-state index contributed by atoms with van der Waals surface area (Å²) in [5.41, 5.74) is 5.38. The fraction of sp³-hybridized carbons (Fsp3) is 0.533. The maximum atomic E-state index is 13.5. The van der Waals surface area contributed by atoms with E-state index in [9.17, 15) is 13.6 Å². The van der Waals surface area contributed by atoms with Crippen molar-refractivity contribution in [2.24, 2.45) is 11.7 Å². The molecule has 4 nitrogen and oxygen atoms in total. The molecule has 2 rings (SSSR count). The van der Waals surface area contributed by atoms with Crippen LogP contribution in [0.3, 0.4) is 0 Å². The second-order valence-corrected chi connectivity index (χ2v) is 5.54. The Morgan fingerprint density at radius 2 is 2.10 bits per heavy atom. The van der Waals surface area contributed by atoms with Gasteiger partial charge in [-0.1, -0.05) is 13.0 Å². The van der Waals surface area contributed by atoms with E-state index < -0.39 is 23.2 Å². The topological polar surface area (TPSA) is 58.4 Å². The number of nitrogens with one attached hydrogen (secondary N) is 1. The Kier molecular flexibility index (Phi) is 5.25. The van der Waals surface area contributed by atoms with Gasteiger partial charge in [-0.25, -0.2) is 8.78 Å². The van der Waals surface area contributed by atoms with Gasteiger partial charge in [-0.2, -0.15) is 0 Å². The third-order valence-electron chi connectivity index (χ3n) is 4.05. The summed E-state index contributed by atoms with van der Waals surface area (Å²) in [7, 11) is 0. The van der Waals surface area contributed by atoms with Gasteiger partial charge in [0.05, 0.1) is 6.54 Å². The van der Waals surface area contributed by atoms with Crippen molar-refractivity contribution in [3.63, 3.8) is 0 Å². The van der Waals surface area contributed by atoms with Crippen molar-refractivity contribution in [3.05, 3.63) is 29.8 Å². The Labute approximate surface area is 123 Å². The van der Waals surface area contributed by atoms with Gasteiger partial charge < -0.3 is 11.1 Å². The molecule has 0 radical (unpaired) electrons. The number of carbonyl (C=O) groups is 1. The summed E-state index contributed by atoms with van der Waals surface area (Å²) in [6.07, 6.45) is 2.08. The Balaban J connectivity index is 2.01. The van der Waals surface area contributed by atoms with Crippen LogP contribution >= 0.6 is 0 Å². The number of hydrogen-bond donors (Lipinski definition) is 2. The first kappa shape index (κ1) is 15.9. The number of piperidine rings is 1. The van der Waals surface area contributed by atoms with E-state index >= 15 is 0 Å². The second-order valence-electron chi connectivity index (χ2n) is 5.54. The minimum Gasteiger partial charge on any atom is -0.329 e. The van der Waals surface area contributed by atoms with Gasteiger partial charge in [0, 0.05) is 12.6 Å². The molecule has 1 aliphatic heterocycles. The van der Waals surface area contributed by atoms with Gasteiger partial charge in [0.1, 0.15) is 17.3 Å². The summed E-state index contributed by atoms with van der Waals surface area (Å²) in [5.74, 6) is -1.55. The minimum atomic E-state index is -0.772. The van der Waals surface area contributed by atoms with Crippen LogP contribution < -0.4 is 11.1 Å². The predicted octanol–water partition coefficient (Wildman–Crippen LogP) is 1.96. The summed E-state index contributed by atoms with van der Waals surface area (Å²) in [5, 5.41) is 2.31. The first-order chi connectivity index (χ1) is 10.0. The van der Waals surface area contributed by atoms with Crippen molar-refractivity contribution in [1.82, 2.24) is 4.90 Å². The van der Waals surface area contributed by atoms with E-state index in [4.69, 9.17) is 5.73 Å². The molecule has 3 N–H and O–H groups in total. The normalized spacial score (nSPS) is 23.0. The van der Waals surface area contributed by atoms with E-state index in [1.165, 1.54) is 6.07 Å². The van der Waals surface area contributed by atoms with Crippen molar-refractivity contribution in [3.8, 4) is 0 Å². The summed E-state index contributed by atoms with van der Waals surface area (Å²) in [4.78, 5) is 14.0. The summed E-state index contributed by atoms with van der Waals surface area (Å²) < 4.78 is 27.0. The fourth-order valence-corrected chi connectivity index (χ4v) is 2.89. The molecule has 2 atom stereocenters. The van der Waals surface area contributed by atoms with Crippen molar-refractivity contribution < 1.29 is 13.6 Å². The first-order valence-corrected chi connectivity index (χ1v) is 7.21. The monoisotopic (exact) mass is 297 g/mol. The van der Waals surface area contributed by atoms with Crippen LogP contribution in [0.5, 0.6) is 0 Å². The molecule has 1 aromatic rings. The van der Waals surface area contributed by atoms with Crippen LogP contribution in [0.15, 0.2) is 18.2 Å². The number of para-hydroxylation sites is 1. The predicted molar refractivity (Wildman–Crippen MR) is 77.8 cm³/mol. The minimum absolute atomic E-state index is 0.0972. The quantitative estimate of drug-likeness (QED) is 0.893. The smallest absolute Gasteiger partial charge is 0.238 e. The molecule has 1 aromatic carbocycles. The largest absolute Gasteiger partial charge is 0.329 e. The molecule has 0 bridgehead atoms. The van der Waals surface area contributed by atoms with E-state index in [0.717, 1.165) is 31.5 Å². The number of likely N-dealkylation sites (tertiary alicyclic amines) is 1. The highest BCUT2D eigenvalue weighted by atomic mass is 19.1. The summed E-state index contributed by atoms with van der Waals surface area (Å²) in [6.45, 7) is 3.46. The lowest BCUT2D eigenvalue weighted by Gasteiger charge is -2.38. The molecule has 0 saturated carbocycles. The number of rotatable bonds is 4. The van der Waals surface area contributed by atoms with E-state index in [-0.39, 0.29) is 12.6 Å². The van der Waals surface area contributed by atoms with Gasteiger partial charge >= 0.3 is 0 Å². The average Bonchev–Trinajstić information content (AvgIpc) is 2.43. The third-order valence-corrected chi connectivity index (χ3v) is 4.05. The van der Waals surface area contributed by atoms with Gasteiger partial charge in [0.15, 0.2) is 0 Å². The molecule has 1 amide bonds. The lowest BCUT2D eigenvalue weighted by molar-refractivity contribution is -0.118. The second kappa shape index (κ2) is 6.95. The lowest BCUT2D eigenvalue weighted by Crippen LogP contribution is -2.51. The van der Waals surface area contributed by atoms with Crippen LogP contribution in [0.1, 0.15) is 19.8 Å². The van der Waals surface area contributed by atoms with Crippen LogP contribution in [-0.4, -0.2) is 36.5 Å². The number of halogens is 2. The van der Waals surface area contributed by atoms with E-state index in [2.05, 4.69) is 12.2 Å². The van der Waals surface area contributed by atoms with Crippen LogP contribution in [0.4, 0.5) is 14.5 Å². The number of nitrogens with zero attached hydrogens (tertiary/aromatic N) is 1.